The molecule has 112 valence electrons. The molecule has 1 aromatic rings. The molecule has 1 atom stereocenters. The summed E-state index contributed by atoms with van der Waals surface area (Å²) in [7, 11) is 0. The number of rotatable bonds is 4. The van der Waals surface area contributed by atoms with Crippen LogP contribution < -0.4 is 10.6 Å². The lowest BCUT2D eigenvalue weighted by atomic mass is 10.2. The molecule has 0 amide bonds. The van der Waals surface area contributed by atoms with E-state index in [1.54, 1.807) is 0 Å². The van der Waals surface area contributed by atoms with Crippen LogP contribution in [-0.2, 0) is 6.54 Å². The third-order valence-electron chi connectivity index (χ3n) is 4.70. The van der Waals surface area contributed by atoms with Crippen molar-refractivity contribution in [1.29, 1.82) is 0 Å². The molecule has 2 aliphatic heterocycles. The molecule has 2 N–H and O–H groups in total. The fourth-order valence-corrected chi connectivity index (χ4v) is 3.62. The molecule has 2 fully saturated rings. The maximum absolute atomic E-state index is 6.27. The van der Waals surface area contributed by atoms with Crippen LogP contribution in [0, 0.1) is 6.92 Å². The lowest BCUT2D eigenvalue weighted by Crippen LogP contribution is -2.35. The van der Waals surface area contributed by atoms with Gasteiger partial charge in [-0.25, -0.2) is 4.68 Å². The molecule has 3 heterocycles. The van der Waals surface area contributed by atoms with Crippen molar-refractivity contribution in [2.45, 2.75) is 52.1 Å². The summed E-state index contributed by atoms with van der Waals surface area (Å²) in [5.74, 6) is 1.16. The van der Waals surface area contributed by atoms with Crippen LogP contribution in [0.25, 0.3) is 0 Å². The molecular weight excluding hydrogens is 250 g/mol. The van der Waals surface area contributed by atoms with E-state index in [9.17, 15) is 0 Å². The van der Waals surface area contributed by atoms with Gasteiger partial charge in [-0.2, -0.15) is 5.10 Å². The topological polar surface area (TPSA) is 50.3 Å². The number of nitrogens with two attached hydrogens (primary N) is 1. The van der Waals surface area contributed by atoms with E-state index in [0.29, 0.717) is 6.04 Å². The van der Waals surface area contributed by atoms with E-state index in [2.05, 4.69) is 26.5 Å². The first-order valence-corrected chi connectivity index (χ1v) is 8.02. The van der Waals surface area contributed by atoms with E-state index in [1.807, 2.05) is 6.92 Å². The Hall–Kier alpha value is -1.23. The summed E-state index contributed by atoms with van der Waals surface area (Å²) in [6, 6.07) is 0.710. The second kappa shape index (κ2) is 5.64. The van der Waals surface area contributed by atoms with E-state index >= 15 is 0 Å². The zero-order valence-electron chi connectivity index (χ0n) is 12.8. The quantitative estimate of drug-likeness (QED) is 0.912. The summed E-state index contributed by atoms with van der Waals surface area (Å²) in [5.41, 5.74) is 8.12. The van der Waals surface area contributed by atoms with Crippen molar-refractivity contribution in [2.75, 3.05) is 36.8 Å². The predicted molar refractivity (Wildman–Crippen MR) is 83.1 cm³/mol. The third kappa shape index (κ3) is 2.39. The van der Waals surface area contributed by atoms with Crippen molar-refractivity contribution in [3.05, 3.63) is 5.69 Å². The van der Waals surface area contributed by atoms with Crippen LogP contribution >= 0.6 is 0 Å². The SMILES string of the molecule is CCCn1nc(C)c(N)c1N1CCC(N2CCCC2)C1. The summed E-state index contributed by atoms with van der Waals surface area (Å²) in [4.78, 5) is 5.11. The molecular formula is C15H27N5. The van der Waals surface area contributed by atoms with Crippen molar-refractivity contribution < 1.29 is 0 Å². The predicted octanol–water partition coefficient (Wildman–Crippen LogP) is 1.86. The van der Waals surface area contributed by atoms with E-state index < -0.39 is 0 Å². The maximum Gasteiger partial charge on any atom is 0.150 e. The average molecular weight is 277 g/mol. The number of hydrogen-bond acceptors (Lipinski definition) is 4. The molecule has 1 unspecified atom stereocenters. The molecule has 1 aromatic heterocycles. The second-order valence-corrected chi connectivity index (χ2v) is 6.18. The molecule has 0 spiro atoms. The lowest BCUT2D eigenvalue weighted by molar-refractivity contribution is 0.260. The summed E-state index contributed by atoms with van der Waals surface area (Å²) in [6.07, 6.45) is 5.09. The van der Waals surface area contributed by atoms with Crippen molar-refractivity contribution in [3.8, 4) is 0 Å². The number of nitrogen functional groups attached to an aromatic ring is 1. The zero-order chi connectivity index (χ0) is 14.1. The van der Waals surface area contributed by atoms with E-state index in [-0.39, 0.29) is 0 Å². The number of likely N-dealkylation sites (tertiary alicyclic amines) is 1. The Balaban J connectivity index is 1.76. The molecule has 5 nitrogen and oxygen atoms in total. The number of anilines is 2. The number of hydrogen-bond donors (Lipinski definition) is 1. The monoisotopic (exact) mass is 277 g/mol. The largest absolute Gasteiger partial charge is 0.394 e. The lowest BCUT2D eigenvalue weighted by Gasteiger charge is -2.25. The first-order chi connectivity index (χ1) is 9.70. The number of aromatic nitrogens is 2. The zero-order valence-corrected chi connectivity index (χ0v) is 12.8. The van der Waals surface area contributed by atoms with Gasteiger partial charge in [0.15, 0.2) is 5.82 Å². The van der Waals surface area contributed by atoms with Gasteiger partial charge in [0.25, 0.3) is 0 Å². The van der Waals surface area contributed by atoms with Crippen LogP contribution in [0.3, 0.4) is 0 Å². The van der Waals surface area contributed by atoms with Crippen LogP contribution in [0.5, 0.6) is 0 Å². The average Bonchev–Trinajstić information content (AvgIpc) is 3.12. The van der Waals surface area contributed by atoms with Gasteiger partial charge in [0.05, 0.1) is 11.4 Å². The maximum atomic E-state index is 6.27. The molecule has 0 aromatic carbocycles. The Labute approximate surface area is 121 Å². The molecule has 0 saturated carbocycles. The van der Waals surface area contributed by atoms with Crippen LogP contribution in [0.15, 0.2) is 0 Å². The Morgan fingerprint density at radius 2 is 2.00 bits per heavy atom. The minimum absolute atomic E-state index is 0.710. The fourth-order valence-electron chi connectivity index (χ4n) is 3.62. The van der Waals surface area contributed by atoms with Gasteiger partial charge < -0.3 is 10.6 Å². The highest BCUT2D eigenvalue weighted by atomic mass is 15.4. The van der Waals surface area contributed by atoms with Gasteiger partial charge >= 0.3 is 0 Å². The summed E-state index contributed by atoms with van der Waals surface area (Å²) < 4.78 is 2.11. The fraction of sp³-hybridized carbons (Fsp3) is 0.800. The Bertz CT molecular complexity index is 461. The minimum atomic E-state index is 0.710. The number of aryl methyl sites for hydroxylation is 2. The smallest absolute Gasteiger partial charge is 0.150 e. The summed E-state index contributed by atoms with van der Waals surface area (Å²) >= 11 is 0. The van der Waals surface area contributed by atoms with Gasteiger partial charge in [0, 0.05) is 25.7 Å². The van der Waals surface area contributed by atoms with Gasteiger partial charge in [0.2, 0.25) is 0 Å². The van der Waals surface area contributed by atoms with E-state index in [1.165, 1.54) is 32.4 Å². The van der Waals surface area contributed by atoms with E-state index in [4.69, 9.17) is 5.73 Å². The summed E-state index contributed by atoms with van der Waals surface area (Å²) in [5, 5.41) is 4.60. The van der Waals surface area contributed by atoms with Gasteiger partial charge in [0.1, 0.15) is 0 Å². The molecule has 0 aliphatic carbocycles. The van der Waals surface area contributed by atoms with Crippen LogP contribution in [0.4, 0.5) is 11.5 Å². The molecule has 3 rings (SSSR count). The molecule has 20 heavy (non-hydrogen) atoms. The van der Waals surface area contributed by atoms with Gasteiger partial charge in [-0.15, -0.1) is 0 Å². The third-order valence-corrected chi connectivity index (χ3v) is 4.70. The second-order valence-electron chi connectivity index (χ2n) is 6.18. The minimum Gasteiger partial charge on any atom is -0.394 e. The molecule has 2 saturated heterocycles. The normalized spacial score (nSPS) is 23.9. The van der Waals surface area contributed by atoms with Crippen LogP contribution in [0.2, 0.25) is 0 Å². The van der Waals surface area contributed by atoms with Crippen molar-refractivity contribution in [1.82, 2.24) is 14.7 Å². The highest BCUT2D eigenvalue weighted by Gasteiger charge is 2.32. The van der Waals surface area contributed by atoms with Crippen molar-refractivity contribution >= 4 is 11.5 Å². The Morgan fingerprint density at radius 3 is 2.70 bits per heavy atom. The van der Waals surface area contributed by atoms with Gasteiger partial charge in [-0.05, 0) is 45.7 Å². The molecule has 0 radical (unpaired) electrons. The first-order valence-electron chi connectivity index (χ1n) is 8.02. The van der Waals surface area contributed by atoms with E-state index in [0.717, 1.165) is 43.3 Å². The molecule has 2 aliphatic rings. The standard InChI is InChI=1S/C15H27N5/c1-3-7-20-15(14(16)12(2)17-20)19-10-6-13(11-19)18-8-4-5-9-18/h13H,3-11,16H2,1-2H3. The van der Waals surface area contributed by atoms with Gasteiger partial charge in [-0.1, -0.05) is 6.92 Å². The van der Waals surface area contributed by atoms with Crippen LogP contribution in [-0.4, -0.2) is 46.9 Å². The Morgan fingerprint density at radius 1 is 1.25 bits per heavy atom. The van der Waals surface area contributed by atoms with Gasteiger partial charge in [-0.3, -0.25) is 4.90 Å². The Kier molecular flexibility index (Phi) is 3.87. The highest BCUT2D eigenvalue weighted by molar-refractivity contribution is 5.66. The first kappa shape index (κ1) is 13.7. The summed E-state index contributed by atoms with van der Waals surface area (Å²) in [6.45, 7) is 9.94. The van der Waals surface area contributed by atoms with Crippen LogP contribution in [0.1, 0.15) is 38.3 Å². The molecule has 0 bridgehead atoms. The van der Waals surface area contributed by atoms with Crippen molar-refractivity contribution in [3.63, 3.8) is 0 Å². The molecule has 5 heteroatoms. The highest BCUT2D eigenvalue weighted by Crippen LogP contribution is 2.31. The number of nitrogens with zero attached hydrogens (tertiary/aromatic N) is 4. The van der Waals surface area contributed by atoms with Crippen molar-refractivity contribution in [2.24, 2.45) is 0 Å².